The molecule has 1 aromatic heterocycles. The van der Waals surface area contributed by atoms with Crippen molar-refractivity contribution in [3.05, 3.63) is 47.5 Å². The average Bonchev–Trinajstić information content (AvgIpc) is 3.02. The van der Waals surface area contributed by atoms with Crippen molar-refractivity contribution in [3.63, 3.8) is 0 Å². The minimum atomic E-state index is -1.01. The Labute approximate surface area is 151 Å². The Morgan fingerprint density at radius 1 is 1.23 bits per heavy atom. The standard InChI is InChI=1S/C19H22FN3O3/c1-12-11-16(22-23(12)15-9-7-14(20)8-10-15)18(24)21-17(19(25)26)13-5-3-2-4-6-13/h7-11,13,17H,2-6H2,1H3,(H,21,24)(H,25,26)/t17-/m0/s1. The molecular formula is C19H22FN3O3. The molecule has 0 aliphatic heterocycles. The topological polar surface area (TPSA) is 84.2 Å². The van der Waals surface area contributed by atoms with Gasteiger partial charge in [0.15, 0.2) is 5.69 Å². The maximum Gasteiger partial charge on any atom is 0.326 e. The summed E-state index contributed by atoms with van der Waals surface area (Å²) in [5.74, 6) is -1.93. The van der Waals surface area contributed by atoms with Crippen molar-refractivity contribution in [2.75, 3.05) is 0 Å². The quantitative estimate of drug-likeness (QED) is 0.859. The van der Waals surface area contributed by atoms with E-state index in [1.54, 1.807) is 25.1 Å². The number of hydrogen-bond acceptors (Lipinski definition) is 3. The van der Waals surface area contributed by atoms with Gasteiger partial charge in [0, 0.05) is 5.69 Å². The van der Waals surface area contributed by atoms with Crippen molar-refractivity contribution in [3.8, 4) is 5.69 Å². The van der Waals surface area contributed by atoms with Gasteiger partial charge in [-0.2, -0.15) is 5.10 Å². The van der Waals surface area contributed by atoms with E-state index < -0.39 is 17.9 Å². The third-order valence-electron chi connectivity index (χ3n) is 4.87. The number of carboxylic acid groups (broad SMARTS) is 1. The Morgan fingerprint density at radius 3 is 2.50 bits per heavy atom. The average molecular weight is 359 g/mol. The van der Waals surface area contributed by atoms with Gasteiger partial charge >= 0.3 is 5.97 Å². The van der Waals surface area contributed by atoms with E-state index in [0.29, 0.717) is 11.4 Å². The fourth-order valence-electron chi connectivity index (χ4n) is 3.49. The molecule has 2 aromatic rings. The predicted octanol–water partition coefficient (Wildman–Crippen LogP) is 3.08. The van der Waals surface area contributed by atoms with Crippen LogP contribution in [0.15, 0.2) is 30.3 Å². The number of carboxylic acids is 1. The molecule has 0 spiro atoms. The van der Waals surface area contributed by atoms with E-state index in [1.807, 2.05) is 0 Å². The minimum absolute atomic E-state index is 0.0505. The van der Waals surface area contributed by atoms with E-state index in [9.17, 15) is 19.1 Å². The lowest BCUT2D eigenvalue weighted by molar-refractivity contribution is -0.141. The Morgan fingerprint density at radius 2 is 1.88 bits per heavy atom. The van der Waals surface area contributed by atoms with Crippen LogP contribution in [0.2, 0.25) is 0 Å². The van der Waals surface area contributed by atoms with Crippen LogP contribution >= 0.6 is 0 Å². The van der Waals surface area contributed by atoms with Gasteiger partial charge in [0.2, 0.25) is 0 Å². The van der Waals surface area contributed by atoms with Crippen LogP contribution in [0.4, 0.5) is 4.39 Å². The number of carbonyl (C=O) groups is 2. The van der Waals surface area contributed by atoms with Crippen molar-refractivity contribution < 1.29 is 19.1 Å². The first kappa shape index (κ1) is 18.1. The molecule has 3 rings (SSSR count). The van der Waals surface area contributed by atoms with Gasteiger partial charge in [-0.25, -0.2) is 13.9 Å². The van der Waals surface area contributed by atoms with Crippen LogP contribution < -0.4 is 5.32 Å². The fourth-order valence-corrected chi connectivity index (χ4v) is 3.49. The van der Waals surface area contributed by atoms with Crippen molar-refractivity contribution >= 4 is 11.9 Å². The smallest absolute Gasteiger partial charge is 0.326 e. The van der Waals surface area contributed by atoms with Crippen molar-refractivity contribution in [2.24, 2.45) is 5.92 Å². The molecule has 0 bridgehead atoms. The zero-order chi connectivity index (χ0) is 18.7. The largest absolute Gasteiger partial charge is 0.480 e. The number of aliphatic carboxylic acids is 1. The van der Waals surface area contributed by atoms with Gasteiger partial charge in [-0.3, -0.25) is 4.79 Å². The SMILES string of the molecule is Cc1cc(C(=O)N[C@H](C(=O)O)C2CCCCC2)nn1-c1ccc(F)cc1. The van der Waals surface area contributed by atoms with Crippen LogP contribution in [0.3, 0.4) is 0 Å². The van der Waals surface area contributed by atoms with E-state index >= 15 is 0 Å². The van der Waals surface area contributed by atoms with E-state index in [2.05, 4.69) is 10.4 Å². The van der Waals surface area contributed by atoms with E-state index in [0.717, 1.165) is 32.1 Å². The van der Waals surface area contributed by atoms with Crippen molar-refractivity contribution in [1.29, 1.82) is 0 Å². The number of aryl methyl sites for hydroxylation is 1. The number of nitrogens with zero attached hydrogens (tertiary/aromatic N) is 2. The number of halogens is 1. The van der Waals surface area contributed by atoms with Crippen LogP contribution in [0.5, 0.6) is 0 Å². The maximum atomic E-state index is 13.1. The molecule has 1 aliphatic rings. The van der Waals surface area contributed by atoms with Crippen LogP contribution in [0.1, 0.15) is 48.3 Å². The maximum absolute atomic E-state index is 13.1. The highest BCUT2D eigenvalue weighted by atomic mass is 19.1. The molecule has 1 amide bonds. The lowest BCUT2D eigenvalue weighted by Gasteiger charge is -2.27. The van der Waals surface area contributed by atoms with Gasteiger partial charge in [0.25, 0.3) is 5.91 Å². The molecule has 138 valence electrons. The molecule has 0 radical (unpaired) electrons. The molecule has 1 aromatic carbocycles. The highest BCUT2D eigenvalue weighted by molar-refractivity contribution is 5.95. The second kappa shape index (κ2) is 7.68. The summed E-state index contributed by atoms with van der Waals surface area (Å²) in [6, 6.07) is 6.47. The van der Waals surface area contributed by atoms with Crippen LogP contribution in [0, 0.1) is 18.7 Å². The van der Waals surface area contributed by atoms with Gasteiger partial charge in [-0.15, -0.1) is 0 Å². The van der Waals surface area contributed by atoms with Gasteiger partial charge in [-0.05, 0) is 56.0 Å². The lowest BCUT2D eigenvalue weighted by atomic mass is 9.84. The fraction of sp³-hybridized carbons (Fsp3) is 0.421. The summed E-state index contributed by atoms with van der Waals surface area (Å²) < 4.78 is 14.6. The normalized spacial score (nSPS) is 16.2. The first-order valence-electron chi connectivity index (χ1n) is 8.82. The Kier molecular flexibility index (Phi) is 5.35. The molecular weight excluding hydrogens is 337 g/mol. The summed E-state index contributed by atoms with van der Waals surface area (Å²) in [4.78, 5) is 24.2. The second-order valence-electron chi connectivity index (χ2n) is 6.75. The van der Waals surface area contributed by atoms with Crippen LogP contribution in [-0.2, 0) is 4.79 Å². The summed E-state index contributed by atoms with van der Waals surface area (Å²) in [5, 5.41) is 16.4. The first-order chi connectivity index (χ1) is 12.5. The van der Waals surface area contributed by atoms with Gasteiger partial charge in [0.1, 0.15) is 11.9 Å². The third-order valence-corrected chi connectivity index (χ3v) is 4.87. The lowest BCUT2D eigenvalue weighted by Crippen LogP contribution is -2.46. The van der Waals surface area contributed by atoms with Crippen LogP contribution in [-0.4, -0.2) is 32.8 Å². The summed E-state index contributed by atoms with van der Waals surface area (Å²) in [6.07, 6.45) is 4.70. The molecule has 1 atom stereocenters. The van der Waals surface area contributed by atoms with E-state index in [-0.39, 0.29) is 17.4 Å². The molecule has 1 aliphatic carbocycles. The molecule has 1 saturated carbocycles. The number of benzene rings is 1. The highest BCUT2D eigenvalue weighted by Gasteiger charge is 2.31. The van der Waals surface area contributed by atoms with Crippen molar-refractivity contribution in [1.82, 2.24) is 15.1 Å². The summed E-state index contributed by atoms with van der Waals surface area (Å²) in [6.45, 7) is 1.78. The van der Waals surface area contributed by atoms with E-state index in [4.69, 9.17) is 0 Å². The van der Waals surface area contributed by atoms with Gasteiger partial charge in [-0.1, -0.05) is 19.3 Å². The second-order valence-corrected chi connectivity index (χ2v) is 6.75. The molecule has 0 unspecified atom stereocenters. The van der Waals surface area contributed by atoms with Gasteiger partial charge < -0.3 is 10.4 Å². The number of rotatable bonds is 5. The summed E-state index contributed by atoms with van der Waals surface area (Å²) in [5.41, 5.74) is 1.48. The predicted molar refractivity (Wildman–Crippen MR) is 93.7 cm³/mol. The highest BCUT2D eigenvalue weighted by Crippen LogP contribution is 2.27. The molecule has 1 heterocycles. The third kappa shape index (κ3) is 3.92. The Balaban J connectivity index is 1.77. The number of nitrogens with one attached hydrogen (secondary N) is 1. The molecule has 2 N–H and O–H groups in total. The molecule has 26 heavy (non-hydrogen) atoms. The van der Waals surface area contributed by atoms with Crippen LogP contribution in [0.25, 0.3) is 5.69 Å². The first-order valence-corrected chi connectivity index (χ1v) is 8.82. The number of hydrogen-bond donors (Lipinski definition) is 2. The molecule has 1 fully saturated rings. The Bertz CT molecular complexity index is 795. The summed E-state index contributed by atoms with van der Waals surface area (Å²) in [7, 11) is 0. The monoisotopic (exact) mass is 359 g/mol. The number of aromatic nitrogens is 2. The zero-order valence-electron chi connectivity index (χ0n) is 14.6. The molecule has 0 saturated heterocycles. The number of amides is 1. The summed E-state index contributed by atoms with van der Waals surface area (Å²) >= 11 is 0. The van der Waals surface area contributed by atoms with Gasteiger partial charge in [0.05, 0.1) is 5.69 Å². The molecule has 6 nitrogen and oxygen atoms in total. The zero-order valence-corrected chi connectivity index (χ0v) is 14.6. The molecule has 7 heteroatoms. The minimum Gasteiger partial charge on any atom is -0.480 e. The number of carbonyl (C=O) groups excluding carboxylic acids is 1. The Hall–Kier alpha value is -2.70. The van der Waals surface area contributed by atoms with Crippen molar-refractivity contribution in [2.45, 2.75) is 45.1 Å². The van der Waals surface area contributed by atoms with E-state index in [1.165, 1.54) is 16.8 Å².